The van der Waals surface area contributed by atoms with E-state index in [1.165, 1.54) is 12.5 Å². The summed E-state index contributed by atoms with van der Waals surface area (Å²) in [6.45, 7) is 5.76. The molecule has 2 N–H and O–H groups in total. The first-order valence-electron chi connectivity index (χ1n) is 7.81. The van der Waals surface area contributed by atoms with Gasteiger partial charge in [-0.25, -0.2) is 0 Å². The molecule has 0 spiro atoms. The summed E-state index contributed by atoms with van der Waals surface area (Å²) in [4.78, 5) is 23.1. The molecule has 2 amide bonds. The zero-order chi connectivity index (χ0) is 17.5. The maximum Gasteiger partial charge on any atom is 0.227 e. The Bertz CT molecular complexity index is 741. The summed E-state index contributed by atoms with van der Waals surface area (Å²) in [5, 5.41) is 5.47. The zero-order valence-electron chi connectivity index (χ0n) is 14.2. The van der Waals surface area contributed by atoms with E-state index in [-0.39, 0.29) is 18.2 Å². The molecule has 0 aliphatic carbocycles. The monoisotopic (exact) mass is 326 g/mol. The van der Waals surface area contributed by atoms with Crippen molar-refractivity contribution in [2.75, 3.05) is 17.2 Å². The SMILES string of the molecule is CC(=O)Nc1cccc(NC(=O)CCOc2ccc(C)cc2C)c1. The fourth-order valence-corrected chi connectivity index (χ4v) is 2.32. The van der Waals surface area contributed by atoms with Crippen LogP contribution in [0.25, 0.3) is 0 Å². The van der Waals surface area contributed by atoms with Crippen LogP contribution in [-0.2, 0) is 9.59 Å². The lowest BCUT2D eigenvalue weighted by atomic mass is 10.1. The number of anilines is 2. The fraction of sp³-hybridized carbons (Fsp3) is 0.263. The molecule has 2 rings (SSSR count). The van der Waals surface area contributed by atoms with E-state index in [2.05, 4.69) is 10.6 Å². The normalized spacial score (nSPS) is 10.1. The lowest BCUT2D eigenvalue weighted by molar-refractivity contribution is -0.116. The van der Waals surface area contributed by atoms with Gasteiger partial charge in [0.05, 0.1) is 13.0 Å². The van der Waals surface area contributed by atoms with Gasteiger partial charge < -0.3 is 15.4 Å². The lowest BCUT2D eigenvalue weighted by Crippen LogP contribution is -2.15. The number of nitrogens with one attached hydrogen (secondary N) is 2. The van der Waals surface area contributed by atoms with Crippen LogP contribution in [0.15, 0.2) is 42.5 Å². The van der Waals surface area contributed by atoms with E-state index in [4.69, 9.17) is 4.74 Å². The molecule has 0 aromatic heterocycles. The molecule has 2 aromatic rings. The average Bonchev–Trinajstić information content (AvgIpc) is 2.49. The molecule has 24 heavy (non-hydrogen) atoms. The Hall–Kier alpha value is -2.82. The molecule has 0 heterocycles. The lowest BCUT2D eigenvalue weighted by Gasteiger charge is -2.10. The van der Waals surface area contributed by atoms with Crippen molar-refractivity contribution in [1.29, 1.82) is 0 Å². The molecule has 0 fully saturated rings. The van der Waals surface area contributed by atoms with Gasteiger partial charge in [-0.2, -0.15) is 0 Å². The maximum absolute atomic E-state index is 12.0. The van der Waals surface area contributed by atoms with Gasteiger partial charge >= 0.3 is 0 Å². The van der Waals surface area contributed by atoms with Gasteiger partial charge in [-0.1, -0.05) is 23.8 Å². The van der Waals surface area contributed by atoms with E-state index in [0.29, 0.717) is 18.0 Å². The third-order valence-corrected chi connectivity index (χ3v) is 3.38. The highest BCUT2D eigenvalue weighted by Gasteiger charge is 2.05. The largest absolute Gasteiger partial charge is 0.493 e. The van der Waals surface area contributed by atoms with Crippen molar-refractivity contribution < 1.29 is 14.3 Å². The highest BCUT2D eigenvalue weighted by molar-refractivity contribution is 5.93. The highest BCUT2D eigenvalue weighted by Crippen LogP contribution is 2.19. The van der Waals surface area contributed by atoms with Gasteiger partial charge in [-0.3, -0.25) is 9.59 Å². The minimum atomic E-state index is -0.152. The van der Waals surface area contributed by atoms with Crippen LogP contribution in [0.5, 0.6) is 5.75 Å². The first-order valence-corrected chi connectivity index (χ1v) is 7.81. The van der Waals surface area contributed by atoms with Crippen LogP contribution in [0.2, 0.25) is 0 Å². The topological polar surface area (TPSA) is 67.4 Å². The van der Waals surface area contributed by atoms with E-state index in [0.717, 1.165) is 11.3 Å². The average molecular weight is 326 g/mol. The number of carbonyl (C=O) groups is 2. The molecule has 0 radical (unpaired) electrons. The number of amides is 2. The standard InChI is InChI=1S/C19H22N2O3/c1-13-7-8-18(14(2)11-13)24-10-9-19(23)21-17-6-4-5-16(12-17)20-15(3)22/h4-8,11-12H,9-10H2,1-3H3,(H,20,22)(H,21,23). The van der Waals surface area contributed by atoms with Gasteiger partial charge in [0, 0.05) is 18.3 Å². The number of carbonyl (C=O) groups excluding carboxylic acids is 2. The molecule has 5 nitrogen and oxygen atoms in total. The summed E-state index contributed by atoms with van der Waals surface area (Å²) in [5.41, 5.74) is 3.51. The van der Waals surface area contributed by atoms with Crippen LogP contribution in [0.1, 0.15) is 24.5 Å². The van der Waals surface area contributed by atoms with Gasteiger partial charge in [0.15, 0.2) is 0 Å². The fourth-order valence-electron chi connectivity index (χ4n) is 2.32. The Labute approximate surface area is 142 Å². The van der Waals surface area contributed by atoms with E-state index >= 15 is 0 Å². The van der Waals surface area contributed by atoms with Crippen molar-refractivity contribution in [3.8, 4) is 5.75 Å². The van der Waals surface area contributed by atoms with Crippen LogP contribution < -0.4 is 15.4 Å². The molecule has 0 aliphatic rings. The smallest absolute Gasteiger partial charge is 0.227 e. The Morgan fingerprint density at radius 1 is 1.00 bits per heavy atom. The van der Waals surface area contributed by atoms with Gasteiger partial charge in [0.2, 0.25) is 11.8 Å². The molecule has 0 saturated carbocycles. The zero-order valence-corrected chi connectivity index (χ0v) is 14.2. The number of aryl methyl sites for hydroxylation is 2. The minimum absolute atomic E-state index is 0.139. The van der Waals surface area contributed by atoms with E-state index in [1.807, 2.05) is 32.0 Å². The Balaban J connectivity index is 1.84. The van der Waals surface area contributed by atoms with Crippen LogP contribution in [0.4, 0.5) is 11.4 Å². The van der Waals surface area contributed by atoms with Crippen molar-refractivity contribution >= 4 is 23.2 Å². The van der Waals surface area contributed by atoms with Gasteiger partial charge in [0.1, 0.15) is 5.75 Å². The van der Waals surface area contributed by atoms with Crippen LogP contribution >= 0.6 is 0 Å². The van der Waals surface area contributed by atoms with Crippen molar-refractivity contribution in [1.82, 2.24) is 0 Å². The first-order chi connectivity index (χ1) is 11.4. The molecular formula is C19H22N2O3. The van der Waals surface area contributed by atoms with Crippen molar-refractivity contribution in [2.45, 2.75) is 27.2 Å². The van der Waals surface area contributed by atoms with Crippen molar-refractivity contribution in [3.05, 3.63) is 53.6 Å². The van der Waals surface area contributed by atoms with Gasteiger partial charge in [0.25, 0.3) is 0 Å². The minimum Gasteiger partial charge on any atom is -0.493 e. The molecule has 0 atom stereocenters. The number of ether oxygens (including phenoxy) is 1. The Kier molecular flexibility index (Phi) is 5.95. The first kappa shape index (κ1) is 17.5. The summed E-state index contributed by atoms with van der Waals surface area (Å²) in [5.74, 6) is 0.501. The quantitative estimate of drug-likeness (QED) is 0.851. The molecule has 0 bridgehead atoms. The maximum atomic E-state index is 12.0. The number of benzene rings is 2. The number of rotatable bonds is 6. The van der Waals surface area contributed by atoms with Crippen LogP contribution in [0, 0.1) is 13.8 Å². The number of hydrogen-bond acceptors (Lipinski definition) is 3. The van der Waals surface area contributed by atoms with Crippen molar-refractivity contribution in [3.63, 3.8) is 0 Å². The van der Waals surface area contributed by atoms with Crippen molar-refractivity contribution in [2.24, 2.45) is 0 Å². The van der Waals surface area contributed by atoms with Gasteiger partial charge in [-0.15, -0.1) is 0 Å². The molecule has 2 aromatic carbocycles. The second-order valence-electron chi connectivity index (χ2n) is 5.68. The predicted octanol–water partition coefficient (Wildman–Crippen LogP) is 3.67. The third kappa shape index (κ3) is 5.43. The second-order valence-corrected chi connectivity index (χ2v) is 5.68. The molecular weight excluding hydrogens is 304 g/mol. The summed E-state index contributed by atoms with van der Waals surface area (Å²) < 4.78 is 5.66. The Morgan fingerprint density at radius 2 is 1.71 bits per heavy atom. The molecule has 0 aliphatic heterocycles. The predicted molar refractivity (Wildman–Crippen MR) is 95.4 cm³/mol. The van der Waals surface area contributed by atoms with E-state index < -0.39 is 0 Å². The van der Waals surface area contributed by atoms with Gasteiger partial charge in [-0.05, 0) is 43.7 Å². The highest BCUT2D eigenvalue weighted by atomic mass is 16.5. The molecule has 0 saturated heterocycles. The summed E-state index contributed by atoms with van der Waals surface area (Å²) in [6, 6.07) is 13.0. The Morgan fingerprint density at radius 3 is 2.38 bits per heavy atom. The van der Waals surface area contributed by atoms with E-state index in [9.17, 15) is 9.59 Å². The van der Waals surface area contributed by atoms with E-state index in [1.54, 1.807) is 24.3 Å². The summed E-state index contributed by atoms with van der Waals surface area (Å²) in [7, 11) is 0. The molecule has 0 unspecified atom stereocenters. The molecule has 126 valence electrons. The molecule has 5 heteroatoms. The van der Waals surface area contributed by atoms with Crippen LogP contribution in [0.3, 0.4) is 0 Å². The third-order valence-electron chi connectivity index (χ3n) is 3.38. The summed E-state index contributed by atoms with van der Waals surface area (Å²) in [6.07, 6.45) is 0.248. The number of hydrogen-bond donors (Lipinski definition) is 2. The summed E-state index contributed by atoms with van der Waals surface area (Å²) >= 11 is 0. The second kappa shape index (κ2) is 8.15. The van der Waals surface area contributed by atoms with Crippen LogP contribution in [-0.4, -0.2) is 18.4 Å².